The van der Waals surface area contributed by atoms with E-state index in [0.29, 0.717) is 10.9 Å². The second-order valence-electron chi connectivity index (χ2n) is 4.51. The van der Waals surface area contributed by atoms with E-state index in [9.17, 15) is 5.11 Å². The van der Waals surface area contributed by atoms with Crippen LogP contribution in [-0.4, -0.2) is 32.8 Å². The number of rotatable bonds is 5. The predicted octanol–water partition coefficient (Wildman–Crippen LogP) is 2.43. The second kappa shape index (κ2) is 8.92. The zero-order chi connectivity index (χ0) is 15.6. The van der Waals surface area contributed by atoms with Gasteiger partial charge >= 0.3 is 136 Å². The van der Waals surface area contributed by atoms with Crippen LogP contribution in [0.3, 0.4) is 0 Å². The Kier molecular flexibility index (Phi) is 6.55. The summed E-state index contributed by atoms with van der Waals surface area (Å²) in [5, 5.41) is 19.2. The minimum absolute atomic E-state index is 0.0351. The molecule has 0 heterocycles. The molecule has 0 saturated carbocycles. The van der Waals surface area contributed by atoms with Gasteiger partial charge in [-0.1, -0.05) is 0 Å². The fourth-order valence-electron chi connectivity index (χ4n) is 1.62. The summed E-state index contributed by atoms with van der Waals surface area (Å²) in [6, 6.07) is 18.7. The van der Waals surface area contributed by atoms with E-state index in [1.54, 1.807) is 12.1 Å². The molecule has 0 saturated heterocycles. The number of nitrogens with zero attached hydrogens (tertiary/aromatic N) is 1. The Morgan fingerprint density at radius 2 is 1.73 bits per heavy atom. The number of ether oxygens (including phenoxy) is 1. The summed E-state index contributed by atoms with van der Waals surface area (Å²) in [4.78, 5) is 3.08. The molecule has 0 aromatic heterocycles. The van der Waals surface area contributed by atoms with Crippen LogP contribution in [0.15, 0.2) is 54.6 Å². The van der Waals surface area contributed by atoms with Crippen molar-refractivity contribution in [2.24, 2.45) is 0 Å². The third-order valence-electron chi connectivity index (χ3n) is 2.74. The van der Waals surface area contributed by atoms with Crippen molar-refractivity contribution in [3.8, 4) is 22.6 Å². The van der Waals surface area contributed by atoms with E-state index in [0.717, 1.165) is 11.3 Å². The first-order valence-electron chi connectivity index (χ1n) is 6.77. The van der Waals surface area contributed by atoms with Gasteiger partial charge in [0, 0.05) is 0 Å². The maximum atomic E-state index is 9.86. The van der Waals surface area contributed by atoms with Crippen molar-refractivity contribution >= 4 is 15.0 Å². The monoisotopic (exact) mass is 357 g/mol. The van der Waals surface area contributed by atoms with Gasteiger partial charge in [0.15, 0.2) is 0 Å². The summed E-state index contributed by atoms with van der Waals surface area (Å²) in [5.41, 5.74) is 1.51. The van der Waals surface area contributed by atoms with E-state index in [-0.39, 0.29) is 21.6 Å². The Labute approximate surface area is 136 Å². The van der Waals surface area contributed by atoms with Crippen LogP contribution >= 0.6 is 0 Å². The predicted molar refractivity (Wildman–Crippen MR) is 86.5 cm³/mol. The first kappa shape index (κ1) is 16.1. The molecule has 0 bridgehead atoms. The molecule has 2 rings (SSSR count). The number of aliphatic hydroxyl groups excluding tert-OH is 1. The van der Waals surface area contributed by atoms with Crippen molar-refractivity contribution < 1.29 is 9.84 Å². The van der Waals surface area contributed by atoms with Crippen molar-refractivity contribution in [1.82, 2.24) is 0 Å². The number of hydrogen-bond donors (Lipinski definition) is 1. The molecule has 110 valence electrons. The molecule has 1 N–H and O–H groups in total. The van der Waals surface area contributed by atoms with Crippen LogP contribution in [-0.2, 0) is 0 Å². The quantitative estimate of drug-likeness (QED) is 0.661. The molecule has 22 heavy (non-hydrogen) atoms. The zero-order valence-corrected chi connectivity index (χ0v) is 13.6. The first-order chi connectivity index (χ1) is 10.8. The van der Waals surface area contributed by atoms with E-state index in [1.165, 1.54) is 0 Å². The van der Waals surface area contributed by atoms with Crippen LogP contribution in [0.1, 0.15) is 11.1 Å². The minimum atomic E-state index is -0.504. The van der Waals surface area contributed by atoms with Gasteiger partial charge in [-0.25, -0.2) is 0 Å². The van der Waals surface area contributed by atoms with Crippen molar-refractivity contribution in [1.29, 1.82) is 5.26 Å². The summed E-state index contributed by atoms with van der Waals surface area (Å²) < 4.78 is 5.49. The number of benzene rings is 2. The summed E-state index contributed by atoms with van der Waals surface area (Å²) in [6.07, 6.45) is -0.504. The Morgan fingerprint density at radius 1 is 1.05 bits per heavy atom. The third kappa shape index (κ3) is 5.64. The molecular weight excluding hydrogens is 341 g/mol. The number of hydrogen-bond acceptors (Lipinski definition) is 3. The van der Waals surface area contributed by atoms with Crippen molar-refractivity contribution in [2.75, 3.05) is 6.61 Å². The number of para-hydroxylation sites is 1. The molecule has 0 spiro atoms. The van der Waals surface area contributed by atoms with Gasteiger partial charge in [-0.15, -0.1) is 0 Å². The summed E-state index contributed by atoms with van der Waals surface area (Å²) in [7, 11) is 0. The molecule has 4 heteroatoms. The molecule has 0 aliphatic rings. The van der Waals surface area contributed by atoms with Gasteiger partial charge in [0.05, 0.1) is 0 Å². The molecule has 1 unspecified atom stereocenters. The second-order valence-corrected chi connectivity index (χ2v) is 6.24. The average molecular weight is 356 g/mol. The SMILES string of the molecule is N#Cc1ccc(C#C[Se]CC(O)COc2ccccc2)cc1. The fourth-order valence-corrected chi connectivity index (χ4v) is 2.80. The standard InChI is InChI=1S/C18H15NO2Se/c19-12-16-8-6-15(7-9-16)10-11-22-14-17(20)13-21-18-4-2-1-3-5-18/h1-9,17,20H,13-14H2. The van der Waals surface area contributed by atoms with Crippen LogP contribution in [0.4, 0.5) is 0 Å². The Bertz CT molecular complexity index is 681. The van der Waals surface area contributed by atoms with Crippen molar-refractivity contribution in [3.05, 3.63) is 65.7 Å². The number of aliphatic hydroxyl groups is 1. The van der Waals surface area contributed by atoms with Gasteiger partial charge in [0.1, 0.15) is 0 Å². The molecule has 2 aromatic rings. The van der Waals surface area contributed by atoms with Gasteiger partial charge in [-0.3, -0.25) is 0 Å². The van der Waals surface area contributed by atoms with E-state index in [1.807, 2.05) is 42.5 Å². The van der Waals surface area contributed by atoms with Crippen LogP contribution < -0.4 is 4.74 Å². The maximum absolute atomic E-state index is 9.86. The van der Waals surface area contributed by atoms with E-state index in [2.05, 4.69) is 16.8 Å². The van der Waals surface area contributed by atoms with Gasteiger partial charge in [-0.2, -0.15) is 0 Å². The van der Waals surface area contributed by atoms with Crippen LogP contribution in [0.25, 0.3) is 0 Å². The normalized spacial score (nSPS) is 10.9. The van der Waals surface area contributed by atoms with E-state index in [4.69, 9.17) is 10.00 Å². The molecule has 0 aliphatic carbocycles. The summed E-state index contributed by atoms with van der Waals surface area (Å²) in [5.74, 6) is 3.80. The van der Waals surface area contributed by atoms with Crippen molar-refractivity contribution in [2.45, 2.75) is 11.4 Å². The Balaban J connectivity index is 1.71. The molecule has 0 aliphatic heterocycles. The van der Waals surface area contributed by atoms with Gasteiger partial charge < -0.3 is 0 Å². The van der Waals surface area contributed by atoms with Crippen LogP contribution in [0.2, 0.25) is 5.32 Å². The topological polar surface area (TPSA) is 53.2 Å². The number of nitriles is 1. The fraction of sp³-hybridized carbons (Fsp3) is 0.167. The van der Waals surface area contributed by atoms with Gasteiger partial charge in [0.2, 0.25) is 0 Å². The molecule has 2 aromatic carbocycles. The molecule has 0 fully saturated rings. The van der Waals surface area contributed by atoms with Crippen molar-refractivity contribution in [3.63, 3.8) is 0 Å². The van der Waals surface area contributed by atoms with Gasteiger partial charge in [-0.05, 0) is 0 Å². The van der Waals surface area contributed by atoms with E-state index < -0.39 is 6.10 Å². The first-order valence-corrected chi connectivity index (χ1v) is 8.83. The molecule has 3 nitrogen and oxygen atoms in total. The molecule has 0 radical (unpaired) electrons. The summed E-state index contributed by atoms with van der Waals surface area (Å²) >= 11 is 0.0351. The van der Waals surface area contributed by atoms with E-state index >= 15 is 0 Å². The molecule has 0 amide bonds. The molecular formula is C18H15NO2Se. The van der Waals surface area contributed by atoms with Gasteiger partial charge in [0.25, 0.3) is 0 Å². The van der Waals surface area contributed by atoms with Crippen LogP contribution in [0, 0.1) is 22.1 Å². The Morgan fingerprint density at radius 3 is 2.41 bits per heavy atom. The zero-order valence-electron chi connectivity index (χ0n) is 11.9. The third-order valence-corrected chi connectivity index (χ3v) is 4.42. The Hall–Kier alpha value is -2.23. The van der Waals surface area contributed by atoms with Crippen LogP contribution in [0.5, 0.6) is 5.75 Å². The molecule has 1 atom stereocenters. The summed E-state index contributed by atoms with van der Waals surface area (Å²) in [6.45, 7) is 0.282. The average Bonchev–Trinajstić information content (AvgIpc) is 2.58.